The van der Waals surface area contributed by atoms with Crippen LogP contribution in [0.15, 0.2) is 18.2 Å². The van der Waals surface area contributed by atoms with E-state index in [0.29, 0.717) is 18.2 Å². The van der Waals surface area contributed by atoms with Gasteiger partial charge in [-0.05, 0) is 55.7 Å². The lowest BCUT2D eigenvalue weighted by Gasteiger charge is -2.11. The number of nitrogens with one attached hydrogen (secondary N) is 2. The van der Waals surface area contributed by atoms with Gasteiger partial charge in [-0.1, -0.05) is 6.07 Å². The van der Waals surface area contributed by atoms with Crippen molar-refractivity contribution in [3.8, 4) is 0 Å². The van der Waals surface area contributed by atoms with E-state index in [1.165, 1.54) is 6.07 Å². The van der Waals surface area contributed by atoms with Crippen LogP contribution in [0.3, 0.4) is 0 Å². The fourth-order valence-corrected chi connectivity index (χ4v) is 2.72. The van der Waals surface area contributed by atoms with E-state index in [1.54, 1.807) is 12.1 Å². The van der Waals surface area contributed by atoms with E-state index in [2.05, 4.69) is 10.6 Å². The molecule has 0 spiro atoms. The molecular weight excluding hydrogens is 271 g/mol. The van der Waals surface area contributed by atoms with Crippen molar-refractivity contribution in [1.82, 2.24) is 5.32 Å². The standard InChI is InChI=1S/C16H21FN2O2/c17-15-10-12(5-6-14(15)11-3-4-11)19-16(20)18-8-7-13-2-1-9-21-13/h5-6,10-11,13H,1-4,7-9H2,(H2,18,19,20)/t13-/m0/s1. The first kappa shape index (κ1) is 14.3. The summed E-state index contributed by atoms with van der Waals surface area (Å²) in [6.45, 7) is 1.39. The first-order chi connectivity index (χ1) is 10.2. The third kappa shape index (κ3) is 3.94. The van der Waals surface area contributed by atoms with Gasteiger partial charge in [0.1, 0.15) is 5.82 Å². The summed E-state index contributed by atoms with van der Waals surface area (Å²) >= 11 is 0. The summed E-state index contributed by atoms with van der Waals surface area (Å²) in [4.78, 5) is 11.7. The maximum absolute atomic E-state index is 13.9. The zero-order valence-electron chi connectivity index (χ0n) is 12.0. The number of hydrogen-bond acceptors (Lipinski definition) is 2. The molecule has 1 saturated heterocycles. The summed E-state index contributed by atoms with van der Waals surface area (Å²) in [5, 5.41) is 5.44. The van der Waals surface area contributed by atoms with Gasteiger partial charge in [-0.2, -0.15) is 0 Å². The molecule has 1 aliphatic heterocycles. The summed E-state index contributed by atoms with van der Waals surface area (Å²) in [5.41, 5.74) is 1.26. The molecule has 2 fully saturated rings. The van der Waals surface area contributed by atoms with Gasteiger partial charge in [0.25, 0.3) is 0 Å². The Kier molecular flexibility index (Phi) is 4.39. The molecular formula is C16H21FN2O2. The van der Waals surface area contributed by atoms with Gasteiger partial charge in [-0.15, -0.1) is 0 Å². The average molecular weight is 292 g/mol. The van der Waals surface area contributed by atoms with Gasteiger partial charge >= 0.3 is 6.03 Å². The SMILES string of the molecule is O=C(NCC[C@@H]1CCCO1)Nc1ccc(C2CC2)c(F)c1. The van der Waals surface area contributed by atoms with Crippen LogP contribution in [0.5, 0.6) is 0 Å². The number of urea groups is 1. The van der Waals surface area contributed by atoms with Crippen molar-refractivity contribution in [3.05, 3.63) is 29.6 Å². The van der Waals surface area contributed by atoms with Crippen LogP contribution in [0, 0.1) is 5.82 Å². The second kappa shape index (κ2) is 6.43. The maximum Gasteiger partial charge on any atom is 0.319 e. The average Bonchev–Trinajstić information content (AvgIpc) is 3.15. The van der Waals surface area contributed by atoms with E-state index in [9.17, 15) is 9.18 Å². The van der Waals surface area contributed by atoms with Crippen molar-refractivity contribution in [2.75, 3.05) is 18.5 Å². The number of rotatable bonds is 5. The lowest BCUT2D eigenvalue weighted by molar-refractivity contribution is 0.105. The van der Waals surface area contributed by atoms with Crippen molar-refractivity contribution < 1.29 is 13.9 Å². The Hall–Kier alpha value is -1.62. The molecule has 1 aromatic carbocycles. The number of carbonyl (C=O) groups is 1. The highest BCUT2D eigenvalue weighted by Crippen LogP contribution is 2.41. The minimum Gasteiger partial charge on any atom is -0.378 e. The normalized spacial score (nSPS) is 21.3. The third-order valence-electron chi connectivity index (χ3n) is 4.05. The van der Waals surface area contributed by atoms with E-state index in [1.807, 2.05) is 0 Å². The Morgan fingerprint density at radius 3 is 2.86 bits per heavy atom. The van der Waals surface area contributed by atoms with Gasteiger partial charge in [0, 0.05) is 18.8 Å². The fraction of sp³-hybridized carbons (Fsp3) is 0.562. The fourth-order valence-electron chi connectivity index (χ4n) is 2.72. The molecule has 2 aliphatic rings. The second-order valence-corrected chi connectivity index (χ2v) is 5.82. The molecule has 1 atom stereocenters. The predicted octanol–water partition coefficient (Wildman–Crippen LogP) is 3.39. The smallest absolute Gasteiger partial charge is 0.319 e. The Morgan fingerprint density at radius 1 is 1.33 bits per heavy atom. The Bertz CT molecular complexity index is 511. The molecule has 114 valence electrons. The Balaban J connectivity index is 1.44. The zero-order chi connectivity index (χ0) is 14.7. The van der Waals surface area contributed by atoms with Crippen LogP contribution in [-0.2, 0) is 4.74 Å². The van der Waals surface area contributed by atoms with Crippen molar-refractivity contribution >= 4 is 11.7 Å². The minimum atomic E-state index is -0.299. The molecule has 1 aromatic rings. The molecule has 21 heavy (non-hydrogen) atoms. The number of ether oxygens (including phenoxy) is 1. The molecule has 5 heteroatoms. The molecule has 1 saturated carbocycles. The lowest BCUT2D eigenvalue weighted by Crippen LogP contribution is -2.31. The number of anilines is 1. The molecule has 3 rings (SSSR count). The first-order valence-electron chi connectivity index (χ1n) is 7.68. The van der Waals surface area contributed by atoms with Gasteiger partial charge in [0.05, 0.1) is 6.10 Å². The van der Waals surface area contributed by atoms with Crippen LogP contribution in [0.4, 0.5) is 14.9 Å². The molecule has 0 radical (unpaired) electrons. The Morgan fingerprint density at radius 2 is 2.19 bits per heavy atom. The summed E-state index contributed by atoms with van der Waals surface area (Å²) in [6.07, 6.45) is 5.38. The van der Waals surface area contributed by atoms with Gasteiger partial charge in [0.2, 0.25) is 0 Å². The van der Waals surface area contributed by atoms with Gasteiger partial charge in [0.15, 0.2) is 0 Å². The van der Waals surface area contributed by atoms with E-state index in [0.717, 1.165) is 44.3 Å². The number of amides is 2. The summed E-state index contributed by atoms with van der Waals surface area (Å²) in [5.74, 6) is 0.147. The summed E-state index contributed by atoms with van der Waals surface area (Å²) in [6, 6.07) is 4.63. The van der Waals surface area contributed by atoms with Gasteiger partial charge < -0.3 is 15.4 Å². The maximum atomic E-state index is 13.9. The van der Waals surface area contributed by atoms with Crippen LogP contribution in [0.1, 0.15) is 43.6 Å². The largest absolute Gasteiger partial charge is 0.378 e. The number of carbonyl (C=O) groups excluding carboxylic acids is 1. The molecule has 2 amide bonds. The molecule has 1 heterocycles. The van der Waals surface area contributed by atoms with Crippen molar-refractivity contribution in [2.24, 2.45) is 0 Å². The van der Waals surface area contributed by atoms with Crippen LogP contribution in [0.2, 0.25) is 0 Å². The van der Waals surface area contributed by atoms with Crippen molar-refractivity contribution in [1.29, 1.82) is 0 Å². The number of benzene rings is 1. The van der Waals surface area contributed by atoms with E-state index >= 15 is 0 Å². The molecule has 0 aromatic heterocycles. The monoisotopic (exact) mass is 292 g/mol. The highest BCUT2D eigenvalue weighted by atomic mass is 19.1. The van der Waals surface area contributed by atoms with E-state index < -0.39 is 0 Å². The van der Waals surface area contributed by atoms with E-state index in [-0.39, 0.29) is 18.0 Å². The number of halogens is 1. The summed E-state index contributed by atoms with van der Waals surface area (Å²) in [7, 11) is 0. The van der Waals surface area contributed by atoms with Crippen LogP contribution >= 0.6 is 0 Å². The van der Waals surface area contributed by atoms with Gasteiger partial charge in [-0.25, -0.2) is 9.18 Å². The molecule has 1 aliphatic carbocycles. The van der Waals surface area contributed by atoms with E-state index in [4.69, 9.17) is 4.74 Å². The van der Waals surface area contributed by atoms with Crippen LogP contribution in [-0.4, -0.2) is 25.3 Å². The molecule has 4 nitrogen and oxygen atoms in total. The first-order valence-corrected chi connectivity index (χ1v) is 7.68. The Labute approximate surface area is 124 Å². The van der Waals surface area contributed by atoms with Crippen molar-refractivity contribution in [2.45, 2.75) is 44.1 Å². The second-order valence-electron chi connectivity index (χ2n) is 5.82. The molecule has 2 N–H and O–H groups in total. The highest BCUT2D eigenvalue weighted by molar-refractivity contribution is 5.89. The highest BCUT2D eigenvalue weighted by Gasteiger charge is 2.26. The predicted molar refractivity (Wildman–Crippen MR) is 79.0 cm³/mol. The lowest BCUT2D eigenvalue weighted by atomic mass is 10.1. The van der Waals surface area contributed by atoms with Crippen LogP contribution < -0.4 is 10.6 Å². The van der Waals surface area contributed by atoms with Crippen molar-refractivity contribution in [3.63, 3.8) is 0 Å². The topological polar surface area (TPSA) is 50.4 Å². The quantitative estimate of drug-likeness (QED) is 0.874. The minimum absolute atomic E-state index is 0.227. The third-order valence-corrected chi connectivity index (χ3v) is 4.05. The summed E-state index contributed by atoms with van der Waals surface area (Å²) < 4.78 is 19.3. The zero-order valence-corrected chi connectivity index (χ0v) is 12.0. The van der Waals surface area contributed by atoms with Gasteiger partial charge in [-0.3, -0.25) is 0 Å². The number of hydrogen-bond donors (Lipinski definition) is 2. The van der Waals surface area contributed by atoms with Crippen LogP contribution in [0.25, 0.3) is 0 Å². The molecule has 0 unspecified atom stereocenters. The molecule has 0 bridgehead atoms.